The monoisotopic (exact) mass is 297 g/mol. The lowest BCUT2D eigenvalue weighted by Gasteiger charge is -2.18. The molecule has 1 rings (SSSR count). The fraction of sp³-hybridized carbons (Fsp3) is 0.429. The number of nitrogen functional groups attached to an aromatic ring is 1. The van der Waals surface area contributed by atoms with E-state index in [0.29, 0.717) is 29.4 Å². The van der Waals surface area contributed by atoms with Crippen molar-refractivity contribution in [1.82, 2.24) is 10.2 Å². The summed E-state index contributed by atoms with van der Waals surface area (Å²) in [5, 5.41) is 3.17. The van der Waals surface area contributed by atoms with Gasteiger partial charge in [-0.05, 0) is 32.0 Å². The molecule has 0 atom stereocenters. The Bertz CT molecular complexity index is 487. The van der Waals surface area contributed by atoms with Gasteiger partial charge in [-0.3, -0.25) is 9.59 Å². The number of nitrogens with one attached hydrogen (secondary N) is 1. The second kappa shape index (κ2) is 7.75. The molecule has 5 nitrogen and oxygen atoms in total. The van der Waals surface area contributed by atoms with E-state index in [2.05, 4.69) is 5.32 Å². The predicted octanol–water partition coefficient (Wildman–Crippen LogP) is 1.91. The van der Waals surface area contributed by atoms with Gasteiger partial charge in [0.2, 0.25) is 5.91 Å². The molecule has 0 bridgehead atoms. The lowest BCUT2D eigenvalue weighted by molar-refractivity contribution is -0.130. The van der Waals surface area contributed by atoms with Crippen LogP contribution in [0.4, 0.5) is 5.69 Å². The highest BCUT2D eigenvalue weighted by Gasteiger charge is 2.12. The van der Waals surface area contributed by atoms with Crippen molar-refractivity contribution in [2.24, 2.45) is 0 Å². The predicted molar refractivity (Wildman–Crippen MR) is 80.7 cm³/mol. The molecule has 0 aliphatic carbocycles. The first-order valence-electron chi connectivity index (χ1n) is 6.60. The van der Waals surface area contributed by atoms with E-state index in [4.69, 9.17) is 17.3 Å². The highest BCUT2D eigenvalue weighted by atomic mass is 35.5. The average molecular weight is 298 g/mol. The Balaban J connectivity index is 2.50. The number of hydrogen-bond acceptors (Lipinski definition) is 3. The maximum absolute atomic E-state index is 11.9. The third-order valence-electron chi connectivity index (χ3n) is 3.00. The highest BCUT2D eigenvalue weighted by Crippen LogP contribution is 2.17. The van der Waals surface area contributed by atoms with Gasteiger partial charge in [0.05, 0.1) is 5.56 Å². The Labute approximate surface area is 124 Å². The molecule has 3 N–H and O–H groups in total. The lowest BCUT2D eigenvalue weighted by atomic mass is 10.1. The molecule has 1 aromatic rings. The van der Waals surface area contributed by atoms with Crippen LogP contribution in [-0.4, -0.2) is 36.3 Å². The van der Waals surface area contributed by atoms with Crippen molar-refractivity contribution in [3.8, 4) is 0 Å². The van der Waals surface area contributed by atoms with Gasteiger partial charge in [-0.15, -0.1) is 0 Å². The Morgan fingerprint density at radius 2 is 1.95 bits per heavy atom. The van der Waals surface area contributed by atoms with Crippen LogP contribution < -0.4 is 11.1 Å². The molecule has 0 fully saturated rings. The summed E-state index contributed by atoms with van der Waals surface area (Å²) >= 11 is 5.77. The van der Waals surface area contributed by atoms with E-state index >= 15 is 0 Å². The van der Waals surface area contributed by atoms with Crippen molar-refractivity contribution < 1.29 is 9.59 Å². The average Bonchev–Trinajstić information content (AvgIpc) is 2.39. The first kappa shape index (κ1) is 16.3. The summed E-state index contributed by atoms with van der Waals surface area (Å²) < 4.78 is 0. The number of anilines is 1. The van der Waals surface area contributed by atoms with Crippen LogP contribution in [-0.2, 0) is 4.79 Å². The summed E-state index contributed by atoms with van der Waals surface area (Å²) in [6.45, 7) is 5.49. The molecule has 0 heterocycles. The van der Waals surface area contributed by atoms with Crippen molar-refractivity contribution in [2.75, 3.05) is 25.4 Å². The van der Waals surface area contributed by atoms with E-state index in [1.54, 1.807) is 17.0 Å². The number of benzene rings is 1. The number of halogens is 1. The topological polar surface area (TPSA) is 75.4 Å². The van der Waals surface area contributed by atoms with E-state index in [1.165, 1.54) is 6.07 Å². The van der Waals surface area contributed by atoms with E-state index in [1.807, 2.05) is 13.8 Å². The quantitative estimate of drug-likeness (QED) is 0.788. The molecule has 2 amide bonds. The smallest absolute Gasteiger partial charge is 0.253 e. The number of hydrogen-bond donors (Lipinski definition) is 2. The van der Waals surface area contributed by atoms with Gasteiger partial charge in [-0.1, -0.05) is 11.6 Å². The Morgan fingerprint density at radius 1 is 1.30 bits per heavy atom. The summed E-state index contributed by atoms with van der Waals surface area (Å²) in [5.41, 5.74) is 6.41. The molecule has 1 aromatic carbocycles. The van der Waals surface area contributed by atoms with Gasteiger partial charge in [-0.2, -0.15) is 0 Å². The second-order valence-corrected chi connectivity index (χ2v) is 4.74. The lowest BCUT2D eigenvalue weighted by Crippen LogP contribution is -2.34. The fourth-order valence-corrected chi connectivity index (χ4v) is 2.03. The molecule has 0 saturated heterocycles. The molecule has 110 valence electrons. The largest absolute Gasteiger partial charge is 0.398 e. The van der Waals surface area contributed by atoms with E-state index < -0.39 is 0 Å². The molecule has 20 heavy (non-hydrogen) atoms. The number of rotatable bonds is 6. The van der Waals surface area contributed by atoms with Gasteiger partial charge in [-0.25, -0.2) is 0 Å². The summed E-state index contributed by atoms with van der Waals surface area (Å²) in [7, 11) is 0. The third kappa shape index (κ3) is 4.42. The minimum absolute atomic E-state index is 0.0272. The molecule has 0 radical (unpaired) electrons. The van der Waals surface area contributed by atoms with Gasteiger partial charge < -0.3 is 16.0 Å². The minimum Gasteiger partial charge on any atom is -0.398 e. The summed E-state index contributed by atoms with van der Waals surface area (Å²) in [5.74, 6) is -0.272. The summed E-state index contributed by atoms with van der Waals surface area (Å²) in [6, 6.07) is 4.70. The number of nitrogens with zero attached hydrogens (tertiary/aromatic N) is 1. The van der Waals surface area contributed by atoms with Crippen molar-refractivity contribution in [3.63, 3.8) is 0 Å². The van der Waals surface area contributed by atoms with Crippen molar-refractivity contribution >= 4 is 29.1 Å². The Kier molecular flexibility index (Phi) is 6.31. The zero-order valence-electron chi connectivity index (χ0n) is 11.8. The van der Waals surface area contributed by atoms with Crippen LogP contribution in [0.15, 0.2) is 18.2 Å². The van der Waals surface area contributed by atoms with Gasteiger partial charge >= 0.3 is 0 Å². The van der Waals surface area contributed by atoms with Crippen LogP contribution >= 0.6 is 11.6 Å². The van der Waals surface area contributed by atoms with Gasteiger partial charge in [0.1, 0.15) is 0 Å². The van der Waals surface area contributed by atoms with E-state index in [9.17, 15) is 9.59 Å². The molecule has 0 spiro atoms. The zero-order chi connectivity index (χ0) is 15.1. The van der Waals surface area contributed by atoms with E-state index in [-0.39, 0.29) is 24.8 Å². The number of carbonyl (C=O) groups is 2. The maximum atomic E-state index is 11.9. The normalized spacial score (nSPS) is 10.2. The first-order chi connectivity index (χ1) is 9.49. The molecule has 6 heteroatoms. The van der Waals surface area contributed by atoms with Crippen molar-refractivity contribution in [1.29, 1.82) is 0 Å². The van der Waals surface area contributed by atoms with Crippen LogP contribution in [0.5, 0.6) is 0 Å². The molecular weight excluding hydrogens is 278 g/mol. The van der Waals surface area contributed by atoms with Crippen molar-refractivity contribution in [3.05, 3.63) is 28.8 Å². The number of carbonyl (C=O) groups excluding carboxylic acids is 2. The molecule has 0 aliphatic heterocycles. The van der Waals surface area contributed by atoms with Gasteiger partial charge in [0, 0.05) is 36.8 Å². The van der Waals surface area contributed by atoms with Crippen LogP contribution in [0.1, 0.15) is 30.6 Å². The fourth-order valence-electron chi connectivity index (χ4n) is 1.85. The zero-order valence-corrected chi connectivity index (χ0v) is 12.5. The molecular formula is C14H20ClN3O2. The molecule has 0 unspecified atom stereocenters. The Hall–Kier alpha value is -1.75. The number of nitrogens with two attached hydrogens (primary N) is 1. The van der Waals surface area contributed by atoms with Crippen LogP contribution in [0, 0.1) is 0 Å². The number of amides is 2. The second-order valence-electron chi connectivity index (χ2n) is 4.30. The standard InChI is InChI=1S/C14H20ClN3O2/c1-3-18(4-2)13(19)7-8-17-14(20)11-6-5-10(15)9-12(11)16/h5-6,9H,3-4,7-8,16H2,1-2H3,(H,17,20). The Morgan fingerprint density at radius 3 is 2.50 bits per heavy atom. The van der Waals surface area contributed by atoms with Crippen LogP contribution in [0.3, 0.4) is 0 Å². The molecule has 0 aromatic heterocycles. The SMILES string of the molecule is CCN(CC)C(=O)CCNC(=O)c1ccc(Cl)cc1N. The van der Waals surface area contributed by atoms with Crippen LogP contribution in [0.2, 0.25) is 5.02 Å². The summed E-state index contributed by atoms with van der Waals surface area (Å²) in [6.07, 6.45) is 0.279. The van der Waals surface area contributed by atoms with Gasteiger partial charge in [0.25, 0.3) is 5.91 Å². The third-order valence-corrected chi connectivity index (χ3v) is 3.23. The van der Waals surface area contributed by atoms with Crippen LogP contribution in [0.25, 0.3) is 0 Å². The van der Waals surface area contributed by atoms with Gasteiger partial charge in [0.15, 0.2) is 0 Å². The summed E-state index contributed by atoms with van der Waals surface area (Å²) in [4.78, 5) is 25.4. The van der Waals surface area contributed by atoms with E-state index in [0.717, 1.165) is 0 Å². The van der Waals surface area contributed by atoms with Crippen molar-refractivity contribution in [2.45, 2.75) is 20.3 Å². The molecule has 0 saturated carbocycles. The maximum Gasteiger partial charge on any atom is 0.253 e. The first-order valence-corrected chi connectivity index (χ1v) is 6.98. The minimum atomic E-state index is -0.300. The highest BCUT2D eigenvalue weighted by molar-refractivity contribution is 6.31. The molecule has 0 aliphatic rings.